The lowest BCUT2D eigenvalue weighted by Gasteiger charge is -2.15. The lowest BCUT2D eigenvalue weighted by atomic mass is 10.1. The van der Waals surface area contributed by atoms with Gasteiger partial charge in [0.1, 0.15) is 5.75 Å². The molecule has 1 rings (SSSR count). The van der Waals surface area contributed by atoms with Crippen molar-refractivity contribution in [2.45, 2.75) is 19.6 Å². The number of aryl methyl sites for hydroxylation is 1. The van der Waals surface area contributed by atoms with Crippen LogP contribution in [-0.2, 0) is 0 Å². The highest BCUT2D eigenvalue weighted by Gasteiger charge is 2.17. The van der Waals surface area contributed by atoms with E-state index in [0.717, 1.165) is 0 Å². The number of para-hydroxylation sites is 1. The molecular weight excluding hydrogens is 226 g/mol. The van der Waals surface area contributed by atoms with Crippen LogP contribution in [0.3, 0.4) is 0 Å². The van der Waals surface area contributed by atoms with Gasteiger partial charge in [0.05, 0.1) is 12.0 Å². The van der Waals surface area contributed by atoms with Gasteiger partial charge in [-0.2, -0.15) is 8.78 Å². The van der Waals surface area contributed by atoms with E-state index in [-0.39, 0.29) is 17.2 Å². The number of alkyl halides is 3. The smallest absolute Gasteiger partial charge is 0.387 e. The molecule has 1 aromatic carbocycles. The molecule has 0 aliphatic heterocycles. The Bertz CT molecular complexity index is 331. The van der Waals surface area contributed by atoms with Gasteiger partial charge in [0.25, 0.3) is 0 Å². The number of aliphatic hydroxyl groups excluding tert-OH is 1. The molecule has 0 saturated heterocycles. The summed E-state index contributed by atoms with van der Waals surface area (Å²) < 4.78 is 28.6. The SMILES string of the molecule is Cc1cccc(C(O)CCl)c1OC(F)F. The van der Waals surface area contributed by atoms with Crippen LogP contribution in [0.15, 0.2) is 18.2 Å². The molecule has 0 bridgehead atoms. The molecule has 15 heavy (non-hydrogen) atoms. The van der Waals surface area contributed by atoms with E-state index in [1.165, 1.54) is 6.07 Å². The first-order chi connectivity index (χ1) is 7.06. The summed E-state index contributed by atoms with van der Waals surface area (Å²) in [5, 5.41) is 9.49. The Morgan fingerprint density at radius 2 is 2.13 bits per heavy atom. The quantitative estimate of drug-likeness (QED) is 0.815. The summed E-state index contributed by atoms with van der Waals surface area (Å²) in [5.41, 5.74) is 0.822. The van der Waals surface area contributed by atoms with Crippen molar-refractivity contribution in [3.8, 4) is 5.75 Å². The number of hydrogen-bond acceptors (Lipinski definition) is 2. The van der Waals surface area contributed by atoms with Crippen molar-refractivity contribution in [2.24, 2.45) is 0 Å². The number of halogens is 3. The Kier molecular flexibility index (Phi) is 4.29. The zero-order chi connectivity index (χ0) is 11.4. The fourth-order valence-electron chi connectivity index (χ4n) is 1.27. The molecule has 0 radical (unpaired) electrons. The molecule has 0 saturated carbocycles. The standard InChI is InChI=1S/C10H11ClF2O2/c1-6-3-2-4-7(8(14)5-11)9(6)15-10(12)13/h2-4,8,10,14H,5H2,1H3. The van der Waals surface area contributed by atoms with E-state index in [9.17, 15) is 13.9 Å². The molecule has 1 aromatic rings. The van der Waals surface area contributed by atoms with E-state index in [4.69, 9.17) is 11.6 Å². The lowest BCUT2D eigenvalue weighted by molar-refractivity contribution is -0.0518. The van der Waals surface area contributed by atoms with Gasteiger partial charge in [-0.15, -0.1) is 11.6 Å². The maximum Gasteiger partial charge on any atom is 0.387 e. The minimum Gasteiger partial charge on any atom is -0.434 e. The van der Waals surface area contributed by atoms with Crippen LogP contribution in [0.1, 0.15) is 17.2 Å². The zero-order valence-electron chi connectivity index (χ0n) is 8.08. The van der Waals surface area contributed by atoms with Crippen molar-refractivity contribution in [2.75, 3.05) is 5.88 Å². The van der Waals surface area contributed by atoms with Crippen molar-refractivity contribution in [1.82, 2.24) is 0 Å². The molecule has 0 amide bonds. The molecule has 1 atom stereocenters. The van der Waals surface area contributed by atoms with Gasteiger partial charge in [-0.25, -0.2) is 0 Å². The molecular formula is C10H11ClF2O2. The Hall–Kier alpha value is -0.870. The van der Waals surface area contributed by atoms with Crippen LogP contribution in [0.4, 0.5) is 8.78 Å². The molecule has 0 spiro atoms. The maximum absolute atomic E-state index is 12.1. The van der Waals surface area contributed by atoms with Crippen LogP contribution < -0.4 is 4.74 Å². The van der Waals surface area contributed by atoms with Gasteiger partial charge in [-0.3, -0.25) is 0 Å². The Morgan fingerprint density at radius 3 is 2.67 bits per heavy atom. The van der Waals surface area contributed by atoms with Crippen LogP contribution in [0.2, 0.25) is 0 Å². The second kappa shape index (κ2) is 5.28. The Morgan fingerprint density at radius 1 is 1.47 bits per heavy atom. The Labute approximate surface area is 91.4 Å². The van der Waals surface area contributed by atoms with Crippen LogP contribution in [-0.4, -0.2) is 17.6 Å². The molecule has 1 unspecified atom stereocenters. The third kappa shape index (κ3) is 3.04. The van der Waals surface area contributed by atoms with Gasteiger partial charge < -0.3 is 9.84 Å². The number of benzene rings is 1. The third-order valence-corrected chi connectivity index (χ3v) is 2.25. The summed E-state index contributed by atoms with van der Waals surface area (Å²) in [5.74, 6) is -0.0658. The van der Waals surface area contributed by atoms with Gasteiger partial charge in [0.15, 0.2) is 0 Å². The Balaban J connectivity index is 3.08. The molecule has 1 N–H and O–H groups in total. The highest BCUT2D eigenvalue weighted by Crippen LogP contribution is 2.30. The summed E-state index contributed by atoms with van der Waals surface area (Å²) in [6.07, 6.45) is -1.000. The fourth-order valence-corrected chi connectivity index (χ4v) is 1.44. The highest BCUT2D eigenvalue weighted by atomic mass is 35.5. The number of rotatable bonds is 4. The second-order valence-corrected chi connectivity index (χ2v) is 3.35. The number of ether oxygens (including phenoxy) is 1. The average Bonchev–Trinajstić information content (AvgIpc) is 2.19. The summed E-state index contributed by atoms with van der Waals surface area (Å²) in [7, 11) is 0. The maximum atomic E-state index is 12.1. The third-order valence-electron chi connectivity index (χ3n) is 1.95. The molecule has 5 heteroatoms. The first kappa shape index (κ1) is 12.2. The molecule has 0 aliphatic rings. The minimum atomic E-state index is -2.91. The summed E-state index contributed by atoms with van der Waals surface area (Å²) in [6.45, 7) is -1.28. The molecule has 0 aromatic heterocycles. The van der Waals surface area contributed by atoms with Gasteiger partial charge in [0.2, 0.25) is 0 Å². The van der Waals surface area contributed by atoms with Gasteiger partial charge in [-0.05, 0) is 12.5 Å². The van der Waals surface area contributed by atoms with Gasteiger partial charge in [-0.1, -0.05) is 18.2 Å². The molecule has 2 nitrogen and oxygen atoms in total. The number of aliphatic hydroxyl groups is 1. The van der Waals surface area contributed by atoms with Crippen LogP contribution >= 0.6 is 11.6 Å². The topological polar surface area (TPSA) is 29.5 Å². The minimum absolute atomic E-state index is 0.000602. The van der Waals surface area contributed by atoms with Crippen molar-refractivity contribution in [1.29, 1.82) is 0 Å². The first-order valence-electron chi connectivity index (χ1n) is 4.34. The normalized spacial score (nSPS) is 12.9. The summed E-state index contributed by atoms with van der Waals surface area (Å²) >= 11 is 5.45. The number of hydrogen-bond donors (Lipinski definition) is 1. The van der Waals surface area contributed by atoms with E-state index < -0.39 is 12.7 Å². The second-order valence-electron chi connectivity index (χ2n) is 3.04. The summed E-state index contributed by atoms with van der Waals surface area (Å²) in [6, 6.07) is 4.79. The monoisotopic (exact) mass is 236 g/mol. The fraction of sp³-hybridized carbons (Fsp3) is 0.400. The molecule has 0 heterocycles. The first-order valence-corrected chi connectivity index (χ1v) is 4.88. The van der Waals surface area contributed by atoms with Crippen molar-refractivity contribution in [3.63, 3.8) is 0 Å². The molecule has 0 aliphatic carbocycles. The van der Waals surface area contributed by atoms with Gasteiger partial charge in [0, 0.05) is 5.56 Å². The molecule has 84 valence electrons. The van der Waals surface area contributed by atoms with Crippen molar-refractivity contribution in [3.05, 3.63) is 29.3 Å². The predicted molar refractivity (Wildman–Crippen MR) is 53.5 cm³/mol. The zero-order valence-corrected chi connectivity index (χ0v) is 8.84. The average molecular weight is 237 g/mol. The summed E-state index contributed by atoms with van der Waals surface area (Å²) in [4.78, 5) is 0. The molecule has 0 fully saturated rings. The largest absolute Gasteiger partial charge is 0.434 e. The van der Waals surface area contributed by atoms with E-state index >= 15 is 0 Å². The predicted octanol–water partition coefficient (Wildman–Crippen LogP) is 2.87. The van der Waals surface area contributed by atoms with Crippen LogP contribution in [0, 0.1) is 6.92 Å². The van der Waals surface area contributed by atoms with E-state index in [1.807, 2.05) is 0 Å². The van der Waals surface area contributed by atoms with Crippen LogP contribution in [0.5, 0.6) is 5.75 Å². The van der Waals surface area contributed by atoms with E-state index in [2.05, 4.69) is 4.74 Å². The lowest BCUT2D eigenvalue weighted by Crippen LogP contribution is -2.09. The van der Waals surface area contributed by atoms with E-state index in [1.54, 1.807) is 19.1 Å². The van der Waals surface area contributed by atoms with Crippen molar-refractivity contribution >= 4 is 11.6 Å². The van der Waals surface area contributed by atoms with E-state index in [0.29, 0.717) is 5.56 Å². The highest BCUT2D eigenvalue weighted by molar-refractivity contribution is 6.18. The van der Waals surface area contributed by atoms with Crippen LogP contribution in [0.25, 0.3) is 0 Å². The van der Waals surface area contributed by atoms with Gasteiger partial charge >= 0.3 is 6.61 Å². The van der Waals surface area contributed by atoms with Crippen molar-refractivity contribution < 1.29 is 18.6 Å².